The summed E-state index contributed by atoms with van der Waals surface area (Å²) in [7, 11) is 0. The van der Waals surface area contributed by atoms with Crippen LogP contribution < -0.4 is 21.1 Å². The van der Waals surface area contributed by atoms with Crippen molar-refractivity contribution in [3.05, 3.63) is 47.0 Å². The van der Waals surface area contributed by atoms with Crippen LogP contribution in [0.1, 0.15) is 0 Å². The molecule has 1 aliphatic rings. The van der Waals surface area contributed by atoms with Gasteiger partial charge >= 0.3 is 0 Å². The molecule has 20 heavy (non-hydrogen) atoms. The van der Waals surface area contributed by atoms with Crippen molar-refractivity contribution >= 4 is 17.2 Å². The van der Waals surface area contributed by atoms with E-state index in [4.69, 9.17) is 5.73 Å². The monoisotopic (exact) mass is 271 g/mol. The summed E-state index contributed by atoms with van der Waals surface area (Å²) < 4.78 is 0. The summed E-state index contributed by atoms with van der Waals surface area (Å²) in [4.78, 5) is 22.8. The van der Waals surface area contributed by atoms with Crippen LogP contribution in [0, 0.1) is 0 Å². The molecule has 0 bridgehead atoms. The molecule has 1 aromatic carbocycles. The van der Waals surface area contributed by atoms with E-state index in [9.17, 15) is 4.79 Å². The minimum absolute atomic E-state index is 0.134. The van der Waals surface area contributed by atoms with E-state index >= 15 is 0 Å². The highest BCUT2D eigenvalue weighted by atomic mass is 16.1. The number of piperazine rings is 1. The first-order valence-corrected chi connectivity index (χ1v) is 6.63. The molecule has 3 rings (SSSR count). The molecule has 1 aliphatic heterocycles. The highest BCUT2D eigenvalue weighted by molar-refractivity contribution is 5.56. The van der Waals surface area contributed by atoms with E-state index < -0.39 is 0 Å². The van der Waals surface area contributed by atoms with Crippen LogP contribution in [0.15, 0.2) is 41.5 Å². The molecular formula is C14H17N5O. The average Bonchev–Trinajstić information content (AvgIpc) is 2.48. The van der Waals surface area contributed by atoms with Gasteiger partial charge in [0.1, 0.15) is 0 Å². The molecule has 0 saturated carbocycles. The van der Waals surface area contributed by atoms with Crippen LogP contribution in [0.3, 0.4) is 0 Å². The number of hydrogen-bond acceptors (Lipinski definition) is 5. The Hall–Kier alpha value is -2.50. The Kier molecular flexibility index (Phi) is 3.28. The van der Waals surface area contributed by atoms with E-state index in [2.05, 4.69) is 20.9 Å². The standard InChI is InChI=1S/C14H17N5O/c15-11-2-1-3-12(10-11)18-6-8-19(9-7-18)13-14(20)17-5-4-16-13/h1-5,10H,6-9,15H2,(H,17,20). The second-order valence-electron chi connectivity index (χ2n) is 4.81. The van der Waals surface area contributed by atoms with Gasteiger partial charge in [0.15, 0.2) is 5.82 Å². The van der Waals surface area contributed by atoms with Crippen molar-refractivity contribution in [3.8, 4) is 0 Å². The Labute approximate surface area is 116 Å². The average molecular weight is 271 g/mol. The number of nitrogens with one attached hydrogen (secondary N) is 1. The summed E-state index contributed by atoms with van der Waals surface area (Å²) in [6, 6.07) is 7.87. The Morgan fingerprint density at radius 1 is 1.15 bits per heavy atom. The number of anilines is 3. The number of rotatable bonds is 2. The number of nitrogen functional groups attached to an aromatic ring is 1. The van der Waals surface area contributed by atoms with Crippen LogP contribution >= 0.6 is 0 Å². The van der Waals surface area contributed by atoms with Gasteiger partial charge in [-0.1, -0.05) is 6.07 Å². The maximum atomic E-state index is 11.7. The second kappa shape index (κ2) is 5.24. The summed E-state index contributed by atoms with van der Waals surface area (Å²) >= 11 is 0. The van der Waals surface area contributed by atoms with E-state index in [1.165, 1.54) is 0 Å². The predicted octanol–water partition coefficient (Wildman–Crippen LogP) is 0.679. The number of benzene rings is 1. The number of aromatic nitrogens is 2. The normalized spacial score (nSPS) is 15.4. The molecule has 0 atom stereocenters. The molecule has 6 heteroatoms. The summed E-state index contributed by atoms with van der Waals surface area (Å²) in [5.41, 5.74) is 7.57. The third kappa shape index (κ3) is 2.45. The molecule has 0 spiro atoms. The van der Waals surface area contributed by atoms with E-state index in [1.807, 2.05) is 23.1 Å². The van der Waals surface area contributed by atoms with Gasteiger partial charge in [-0.2, -0.15) is 0 Å². The van der Waals surface area contributed by atoms with Crippen molar-refractivity contribution in [1.29, 1.82) is 0 Å². The lowest BCUT2D eigenvalue weighted by molar-refractivity contribution is 0.644. The lowest BCUT2D eigenvalue weighted by atomic mass is 10.2. The van der Waals surface area contributed by atoms with Crippen molar-refractivity contribution in [2.75, 3.05) is 41.7 Å². The van der Waals surface area contributed by atoms with E-state index in [1.54, 1.807) is 12.4 Å². The first-order valence-electron chi connectivity index (χ1n) is 6.63. The molecule has 1 saturated heterocycles. The number of nitrogens with two attached hydrogens (primary N) is 1. The molecule has 1 fully saturated rings. The predicted molar refractivity (Wildman–Crippen MR) is 80.1 cm³/mol. The minimum Gasteiger partial charge on any atom is -0.399 e. The molecule has 0 aliphatic carbocycles. The number of hydrogen-bond donors (Lipinski definition) is 2. The van der Waals surface area contributed by atoms with Crippen LogP contribution in [0.2, 0.25) is 0 Å². The molecule has 104 valence electrons. The summed E-state index contributed by atoms with van der Waals surface area (Å²) in [6.45, 7) is 3.24. The number of H-pyrrole nitrogens is 1. The van der Waals surface area contributed by atoms with Gasteiger partial charge in [-0.15, -0.1) is 0 Å². The van der Waals surface area contributed by atoms with Crippen molar-refractivity contribution in [3.63, 3.8) is 0 Å². The molecule has 2 heterocycles. The quantitative estimate of drug-likeness (QED) is 0.785. The molecule has 0 radical (unpaired) electrons. The van der Waals surface area contributed by atoms with Crippen LogP contribution in [-0.4, -0.2) is 36.1 Å². The van der Waals surface area contributed by atoms with Gasteiger partial charge in [-0.25, -0.2) is 4.98 Å². The smallest absolute Gasteiger partial charge is 0.290 e. The zero-order chi connectivity index (χ0) is 13.9. The van der Waals surface area contributed by atoms with Gasteiger partial charge < -0.3 is 20.5 Å². The highest BCUT2D eigenvalue weighted by Gasteiger charge is 2.20. The Balaban J connectivity index is 1.71. The van der Waals surface area contributed by atoms with Crippen molar-refractivity contribution in [1.82, 2.24) is 9.97 Å². The third-order valence-corrected chi connectivity index (χ3v) is 3.50. The fourth-order valence-corrected chi connectivity index (χ4v) is 2.47. The SMILES string of the molecule is Nc1cccc(N2CCN(c3ncc[nH]c3=O)CC2)c1. The van der Waals surface area contributed by atoms with Gasteiger partial charge in [0, 0.05) is 49.9 Å². The summed E-state index contributed by atoms with van der Waals surface area (Å²) in [5, 5.41) is 0. The molecule has 0 amide bonds. The van der Waals surface area contributed by atoms with Crippen LogP contribution in [0.25, 0.3) is 0 Å². The molecule has 6 nitrogen and oxygen atoms in total. The number of nitrogens with zero attached hydrogens (tertiary/aromatic N) is 3. The zero-order valence-corrected chi connectivity index (χ0v) is 11.1. The lowest BCUT2D eigenvalue weighted by Crippen LogP contribution is -2.48. The van der Waals surface area contributed by atoms with Gasteiger partial charge in [-0.3, -0.25) is 4.79 Å². The first kappa shape index (κ1) is 12.5. The van der Waals surface area contributed by atoms with Gasteiger partial charge in [0.25, 0.3) is 5.56 Å². The van der Waals surface area contributed by atoms with Crippen LogP contribution in [-0.2, 0) is 0 Å². The fourth-order valence-electron chi connectivity index (χ4n) is 2.47. The minimum atomic E-state index is -0.134. The molecular weight excluding hydrogens is 254 g/mol. The molecule has 0 unspecified atom stereocenters. The van der Waals surface area contributed by atoms with E-state index in [-0.39, 0.29) is 5.56 Å². The second-order valence-corrected chi connectivity index (χ2v) is 4.81. The van der Waals surface area contributed by atoms with Gasteiger partial charge in [0.05, 0.1) is 0 Å². The summed E-state index contributed by atoms with van der Waals surface area (Å²) in [6.07, 6.45) is 3.16. The van der Waals surface area contributed by atoms with Crippen LogP contribution in [0.4, 0.5) is 17.2 Å². The third-order valence-electron chi connectivity index (χ3n) is 3.50. The number of aromatic amines is 1. The first-order chi connectivity index (χ1) is 9.74. The largest absolute Gasteiger partial charge is 0.399 e. The summed E-state index contributed by atoms with van der Waals surface area (Å²) in [5.74, 6) is 0.500. The van der Waals surface area contributed by atoms with Crippen molar-refractivity contribution < 1.29 is 0 Å². The van der Waals surface area contributed by atoms with E-state index in [0.717, 1.165) is 37.6 Å². The fraction of sp³-hybridized carbons (Fsp3) is 0.286. The zero-order valence-electron chi connectivity index (χ0n) is 11.1. The molecule has 1 aromatic heterocycles. The molecule has 2 aromatic rings. The van der Waals surface area contributed by atoms with Gasteiger partial charge in [0.2, 0.25) is 0 Å². The lowest BCUT2D eigenvalue weighted by Gasteiger charge is -2.36. The van der Waals surface area contributed by atoms with Crippen molar-refractivity contribution in [2.24, 2.45) is 0 Å². The van der Waals surface area contributed by atoms with E-state index in [0.29, 0.717) is 5.82 Å². The molecule has 3 N–H and O–H groups in total. The maximum absolute atomic E-state index is 11.7. The highest BCUT2D eigenvalue weighted by Crippen LogP contribution is 2.19. The van der Waals surface area contributed by atoms with Crippen molar-refractivity contribution in [2.45, 2.75) is 0 Å². The maximum Gasteiger partial charge on any atom is 0.290 e. The Morgan fingerprint density at radius 3 is 2.60 bits per heavy atom. The van der Waals surface area contributed by atoms with Gasteiger partial charge in [-0.05, 0) is 18.2 Å². The topological polar surface area (TPSA) is 78.2 Å². The van der Waals surface area contributed by atoms with Crippen LogP contribution in [0.5, 0.6) is 0 Å². The Bertz CT molecular complexity index is 646. The Morgan fingerprint density at radius 2 is 1.90 bits per heavy atom.